The predicted molar refractivity (Wildman–Crippen MR) is 101 cm³/mol. The summed E-state index contributed by atoms with van der Waals surface area (Å²) < 4.78 is 0.246. The first kappa shape index (κ1) is 19.4. The molecule has 9 heteroatoms. The normalized spacial score (nSPS) is 18.4. The Bertz CT molecular complexity index is 764. The van der Waals surface area contributed by atoms with Gasteiger partial charge in [-0.2, -0.15) is 0 Å². The van der Waals surface area contributed by atoms with Crippen LogP contribution < -0.4 is 5.32 Å². The van der Waals surface area contributed by atoms with Crippen molar-refractivity contribution in [3.63, 3.8) is 0 Å². The fraction of sp³-hybridized carbons (Fsp3) is 0.250. The second-order valence-electron chi connectivity index (χ2n) is 5.35. The third kappa shape index (κ3) is 4.59. The van der Waals surface area contributed by atoms with E-state index >= 15 is 0 Å². The Balaban J connectivity index is 2.16. The quantitative estimate of drug-likeness (QED) is 0.585. The van der Waals surface area contributed by atoms with E-state index in [1.807, 2.05) is 0 Å². The number of hydrogen-bond donors (Lipinski definition) is 2. The van der Waals surface area contributed by atoms with Gasteiger partial charge in [0.15, 0.2) is 0 Å². The largest absolute Gasteiger partial charge is 0.480 e. The number of benzene rings is 1. The zero-order valence-corrected chi connectivity index (χ0v) is 15.7. The monoisotopic (exact) mass is 398 g/mol. The molecule has 0 aliphatic carbocycles. The van der Waals surface area contributed by atoms with E-state index < -0.39 is 29.9 Å². The number of hydrogen-bond acceptors (Lipinski definition) is 5. The number of aliphatic carboxylic acids is 1. The summed E-state index contributed by atoms with van der Waals surface area (Å²) in [6.07, 6.45) is 1.67. The van der Waals surface area contributed by atoms with Crippen LogP contribution in [0.2, 0.25) is 5.02 Å². The van der Waals surface area contributed by atoms with Crippen LogP contribution in [0.4, 0.5) is 0 Å². The van der Waals surface area contributed by atoms with Crippen molar-refractivity contribution >= 4 is 63.8 Å². The van der Waals surface area contributed by atoms with Crippen LogP contribution in [0.15, 0.2) is 29.2 Å². The van der Waals surface area contributed by atoms with Gasteiger partial charge in [0.2, 0.25) is 5.91 Å². The fourth-order valence-corrected chi connectivity index (χ4v) is 3.58. The van der Waals surface area contributed by atoms with E-state index in [2.05, 4.69) is 5.32 Å². The molecule has 0 spiro atoms. The van der Waals surface area contributed by atoms with Gasteiger partial charge in [0, 0.05) is 5.02 Å². The van der Waals surface area contributed by atoms with Crippen LogP contribution in [0.25, 0.3) is 6.08 Å². The molecule has 2 unspecified atom stereocenters. The molecule has 1 aromatic carbocycles. The molecular formula is C16H15ClN2O4S2. The molecule has 1 heterocycles. The van der Waals surface area contributed by atoms with Gasteiger partial charge >= 0.3 is 5.97 Å². The first-order valence-electron chi connectivity index (χ1n) is 7.26. The summed E-state index contributed by atoms with van der Waals surface area (Å²) in [5.41, 5.74) is 0.779. The van der Waals surface area contributed by atoms with Crippen molar-refractivity contribution in [2.24, 2.45) is 0 Å². The van der Waals surface area contributed by atoms with Gasteiger partial charge in [0.05, 0.1) is 4.91 Å². The molecule has 1 aliphatic heterocycles. The van der Waals surface area contributed by atoms with Gasteiger partial charge in [-0.1, -0.05) is 47.7 Å². The van der Waals surface area contributed by atoms with Gasteiger partial charge in [0.1, 0.15) is 16.4 Å². The van der Waals surface area contributed by atoms with Gasteiger partial charge in [-0.15, -0.1) is 0 Å². The molecule has 1 fully saturated rings. The minimum absolute atomic E-state index is 0.246. The summed E-state index contributed by atoms with van der Waals surface area (Å²) in [5.74, 6) is -2.14. The Morgan fingerprint density at radius 1 is 1.32 bits per heavy atom. The molecule has 1 aromatic rings. The third-order valence-corrected chi connectivity index (χ3v) is 5.07. The summed E-state index contributed by atoms with van der Waals surface area (Å²) in [6, 6.07) is 4.97. The van der Waals surface area contributed by atoms with Gasteiger partial charge < -0.3 is 10.4 Å². The Kier molecular flexibility index (Phi) is 6.21. The standard InChI is InChI=1S/C16H15ClN2O4S2/c1-8(15(22)23)18-13(20)9(2)19-14(21)12(25-16(19)24)7-10-3-5-11(17)6-4-10/h3-9H,1-2H3,(H,18,20)(H,22,23)/b12-7-. The number of carbonyl (C=O) groups is 3. The second-order valence-corrected chi connectivity index (χ2v) is 7.46. The molecule has 1 aliphatic rings. The van der Waals surface area contributed by atoms with E-state index in [1.165, 1.54) is 18.7 Å². The number of nitrogens with one attached hydrogen (secondary N) is 1. The maximum atomic E-state index is 12.6. The number of carbonyl (C=O) groups excluding carboxylic acids is 2. The van der Waals surface area contributed by atoms with Crippen LogP contribution in [0.5, 0.6) is 0 Å². The van der Waals surface area contributed by atoms with Crippen molar-refractivity contribution in [1.82, 2.24) is 10.2 Å². The molecule has 2 amide bonds. The number of thioether (sulfide) groups is 1. The van der Waals surface area contributed by atoms with Crippen LogP contribution in [-0.2, 0) is 14.4 Å². The zero-order chi connectivity index (χ0) is 18.7. The Morgan fingerprint density at radius 2 is 1.92 bits per heavy atom. The molecule has 0 aromatic heterocycles. The van der Waals surface area contributed by atoms with E-state index in [0.29, 0.717) is 9.93 Å². The SMILES string of the molecule is CC(NC(=O)C(C)N1C(=O)/C(=C/c2ccc(Cl)cc2)SC1=S)C(=O)O. The third-order valence-electron chi connectivity index (χ3n) is 3.49. The van der Waals surface area contributed by atoms with E-state index in [0.717, 1.165) is 17.3 Å². The molecule has 6 nitrogen and oxygen atoms in total. The average molecular weight is 399 g/mol. The van der Waals surface area contributed by atoms with Crippen LogP contribution >= 0.6 is 35.6 Å². The fourth-order valence-electron chi connectivity index (χ4n) is 2.04. The maximum Gasteiger partial charge on any atom is 0.325 e. The molecule has 2 rings (SSSR count). The van der Waals surface area contributed by atoms with Gasteiger partial charge in [0.25, 0.3) is 5.91 Å². The lowest BCUT2D eigenvalue weighted by atomic mass is 10.2. The van der Waals surface area contributed by atoms with E-state index in [4.69, 9.17) is 28.9 Å². The van der Waals surface area contributed by atoms with Crippen LogP contribution in [0, 0.1) is 0 Å². The lowest BCUT2D eigenvalue weighted by molar-refractivity contribution is -0.142. The smallest absolute Gasteiger partial charge is 0.325 e. The molecule has 0 radical (unpaired) electrons. The number of carboxylic acids is 1. The first-order chi connectivity index (χ1) is 11.7. The minimum Gasteiger partial charge on any atom is -0.480 e. The van der Waals surface area contributed by atoms with E-state index in [-0.39, 0.29) is 4.32 Å². The van der Waals surface area contributed by atoms with Gasteiger partial charge in [-0.25, -0.2) is 0 Å². The van der Waals surface area contributed by atoms with Crippen molar-refractivity contribution in [2.75, 3.05) is 0 Å². The number of nitrogens with zero attached hydrogens (tertiary/aromatic N) is 1. The number of halogens is 1. The Hall–Kier alpha value is -1.90. The minimum atomic E-state index is -1.16. The summed E-state index contributed by atoms with van der Waals surface area (Å²) in [4.78, 5) is 37.2. The highest BCUT2D eigenvalue weighted by Gasteiger charge is 2.38. The molecule has 0 saturated carbocycles. The van der Waals surface area contributed by atoms with Crippen LogP contribution in [0.1, 0.15) is 19.4 Å². The summed E-state index contributed by atoms with van der Waals surface area (Å²) in [6.45, 7) is 2.84. The molecule has 132 valence electrons. The highest BCUT2D eigenvalue weighted by Crippen LogP contribution is 2.34. The Labute approximate surface area is 159 Å². The molecule has 2 N–H and O–H groups in total. The number of carboxylic acid groups (broad SMARTS) is 1. The predicted octanol–water partition coefficient (Wildman–Crippen LogP) is 2.52. The topological polar surface area (TPSA) is 86.7 Å². The van der Waals surface area contributed by atoms with Crippen molar-refractivity contribution in [1.29, 1.82) is 0 Å². The van der Waals surface area contributed by atoms with E-state index in [1.54, 1.807) is 30.3 Å². The van der Waals surface area contributed by atoms with Crippen molar-refractivity contribution in [2.45, 2.75) is 25.9 Å². The lowest BCUT2D eigenvalue weighted by Crippen LogP contribution is -2.50. The maximum absolute atomic E-state index is 12.6. The van der Waals surface area contributed by atoms with Crippen molar-refractivity contribution in [3.8, 4) is 0 Å². The highest BCUT2D eigenvalue weighted by molar-refractivity contribution is 8.26. The molecule has 1 saturated heterocycles. The van der Waals surface area contributed by atoms with E-state index in [9.17, 15) is 14.4 Å². The molecule has 2 atom stereocenters. The summed E-state index contributed by atoms with van der Waals surface area (Å²) in [7, 11) is 0. The Morgan fingerprint density at radius 3 is 2.48 bits per heavy atom. The number of rotatable bonds is 5. The van der Waals surface area contributed by atoms with Crippen molar-refractivity contribution < 1.29 is 19.5 Å². The highest BCUT2D eigenvalue weighted by atomic mass is 35.5. The second kappa shape index (κ2) is 7.99. The van der Waals surface area contributed by atoms with Crippen LogP contribution in [-0.4, -0.2) is 44.2 Å². The summed E-state index contributed by atoms with van der Waals surface area (Å²) >= 11 is 12.1. The van der Waals surface area contributed by atoms with Gasteiger partial charge in [-0.05, 0) is 37.6 Å². The van der Waals surface area contributed by atoms with Crippen LogP contribution in [0.3, 0.4) is 0 Å². The molecule has 0 bridgehead atoms. The zero-order valence-electron chi connectivity index (χ0n) is 13.4. The average Bonchev–Trinajstić information content (AvgIpc) is 2.82. The molecule has 25 heavy (non-hydrogen) atoms. The summed E-state index contributed by atoms with van der Waals surface area (Å²) in [5, 5.41) is 11.8. The number of thiocarbonyl (C=S) groups is 1. The molecular weight excluding hydrogens is 384 g/mol. The van der Waals surface area contributed by atoms with Gasteiger partial charge in [-0.3, -0.25) is 19.3 Å². The first-order valence-corrected chi connectivity index (χ1v) is 8.86. The number of amides is 2. The van der Waals surface area contributed by atoms with Crippen molar-refractivity contribution in [3.05, 3.63) is 39.8 Å². The lowest BCUT2D eigenvalue weighted by Gasteiger charge is -2.23.